The highest BCUT2D eigenvalue weighted by molar-refractivity contribution is 7.13. The van der Waals surface area contributed by atoms with Gasteiger partial charge in [-0.3, -0.25) is 10.1 Å². The quantitative estimate of drug-likeness (QED) is 0.431. The number of ketones is 1. The lowest BCUT2D eigenvalue weighted by Crippen LogP contribution is -2.31. The number of hydrogen-bond acceptors (Lipinski definition) is 5. The van der Waals surface area contributed by atoms with Gasteiger partial charge in [0.25, 0.3) is 0 Å². The van der Waals surface area contributed by atoms with Crippen LogP contribution in [0.4, 0.5) is 15.6 Å². The number of urea groups is 1. The van der Waals surface area contributed by atoms with Gasteiger partial charge in [0.1, 0.15) is 0 Å². The maximum absolute atomic E-state index is 11.9. The molecule has 0 radical (unpaired) electrons. The van der Waals surface area contributed by atoms with Gasteiger partial charge in [-0.1, -0.05) is 30.3 Å². The minimum absolute atomic E-state index is 0.0130. The van der Waals surface area contributed by atoms with Crippen molar-refractivity contribution in [1.82, 2.24) is 10.3 Å². The van der Waals surface area contributed by atoms with E-state index in [9.17, 15) is 9.59 Å². The summed E-state index contributed by atoms with van der Waals surface area (Å²) in [5, 5.41) is 8.06. The van der Waals surface area contributed by atoms with Crippen LogP contribution in [0.3, 0.4) is 0 Å². The van der Waals surface area contributed by atoms with Gasteiger partial charge in [-0.25, -0.2) is 9.78 Å². The molecule has 150 valence electrons. The Morgan fingerprint density at radius 2 is 2.00 bits per heavy atom. The minimum Gasteiger partial charge on any atom is -0.399 e. The molecule has 0 spiro atoms. The minimum atomic E-state index is -0.251. The molecule has 2 aromatic carbocycles. The zero-order valence-corrected chi connectivity index (χ0v) is 17.3. The number of nitrogen functional groups attached to an aromatic ring is 1. The SMILES string of the molecule is CC(=O)c1ccc2c(c1)CCC2NC(=O)Nc1nccs1.Cc1ccccc1N. The van der Waals surface area contributed by atoms with Crippen molar-refractivity contribution in [2.24, 2.45) is 0 Å². The third-order valence-corrected chi connectivity index (χ3v) is 5.46. The van der Waals surface area contributed by atoms with Gasteiger partial charge in [-0.2, -0.15) is 0 Å². The normalized spacial score (nSPS) is 14.3. The van der Waals surface area contributed by atoms with Crippen LogP contribution in [0.1, 0.15) is 46.4 Å². The van der Waals surface area contributed by atoms with Gasteiger partial charge in [0, 0.05) is 22.8 Å². The van der Waals surface area contributed by atoms with E-state index in [0.717, 1.165) is 40.8 Å². The number of benzene rings is 2. The lowest BCUT2D eigenvalue weighted by Gasteiger charge is -2.14. The van der Waals surface area contributed by atoms with Gasteiger partial charge >= 0.3 is 6.03 Å². The van der Waals surface area contributed by atoms with Crippen LogP contribution in [0.5, 0.6) is 0 Å². The number of nitrogens with two attached hydrogens (primary N) is 1. The van der Waals surface area contributed by atoms with E-state index < -0.39 is 0 Å². The van der Waals surface area contributed by atoms with Gasteiger partial charge in [0.2, 0.25) is 0 Å². The van der Waals surface area contributed by atoms with E-state index in [0.29, 0.717) is 5.13 Å². The Morgan fingerprint density at radius 1 is 1.21 bits per heavy atom. The second-order valence-electron chi connectivity index (χ2n) is 6.85. The monoisotopic (exact) mass is 408 g/mol. The number of fused-ring (bicyclic) bond motifs is 1. The Labute approximate surface area is 174 Å². The van der Waals surface area contributed by atoms with Gasteiger partial charge in [-0.05, 0) is 55.5 Å². The highest BCUT2D eigenvalue weighted by atomic mass is 32.1. The van der Waals surface area contributed by atoms with Crippen LogP contribution >= 0.6 is 11.3 Å². The third-order valence-electron chi connectivity index (χ3n) is 4.77. The van der Waals surface area contributed by atoms with E-state index in [1.807, 2.05) is 54.8 Å². The van der Waals surface area contributed by atoms with Crippen LogP contribution in [0.2, 0.25) is 0 Å². The summed E-state index contributed by atoms with van der Waals surface area (Å²) in [6.07, 6.45) is 3.37. The van der Waals surface area contributed by atoms with Crippen molar-refractivity contribution in [1.29, 1.82) is 0 Å². The van der Waals surface area contributed by atoms with E-state index in [4.69, 9.17) is 5.73 Å². The van der Waals surface area contributed by atoms with Crippen molar-refractivity contribution in [2.45, 2.75) is 32.7 Å². The predicted octanol–water partition coefficient (Wildman–Crippen LogP) is 4.73. The molecule has 1 heterocycles. The van der Waals surface area contributed by atoms with Crippen molar-refractivity contribution >= 4 is 34.0 Å². The summed E-state index contributed by atoms with van der Waals surface area (Å²) in [5.41, 5.74) is 10.5. The summed E-state index contributed by atoms with van der Waals surface area (Å²) in [5.74, 6) is 0.0655. The smallest absolute Gasteiger partial charge is 0.321 e. The lowest BCUT2D eigenvalue weighted by molar-refractivity contribution is 0.101. The lowest BCUT2D eigenvalue weighted by atomic mass is 10.0. The number of thiazole rings is 1. The van der Waals surface area contributed by atoms with Crippen molar-refractivity contribution in [3.05, 3.63) is 76.3 Å². The fraction of sp³-hybridized carbons (Fsp3) is 0.227. The number of nitrogens with zero attached hydrogens (tertiary/aromatic N) is 1. The number of amides is 2. The summed E-state index contributed by atoms with van der Waals surface area (Å²) in [6, 6.07) is 13.2. The van der Waals surface area contributed by atoms with Gasteiger partial charge < -0.3 is 11.1 Å². The molecule has 1 aliphatic rings. The largest absolute Gasteiger partial charge is 0.399 e. The van der Waals surface area contributed by atoms with Crippen LogP contribution < -0.4 is 16.4 Å². The van der Waals surface area contributed by atoms with Crippen LogP contribution in [-0.2, 0) is 6.42 Å². The zero-order chi connectivity index (χ0) is 20.8. The molecular weight excluding hydrogens is 384 g/mol. The second-order valence-corrected chi connectivity index (χ2v) is 7.75. The van der Waals surface area contributed by atoms with E-state index in [1.54, 1.807) is 13.1 Å². The highest BCUT2D eigenvalue weighted by Gasteiger charge is 2.24. The average molecular weight is 409 g/mol. The summed E-state index contributed by atoms with van der Waals surface area (Å²) < 4.78 is 0. The molecule has 0 fully saturated rings. The second kappa shape index (κ2) is 9.34. The molecule has 4 N–H and O–H groups in total. The Morgan fingerprint density at radius 3 is 2.62 bits per heavy atom. The van der Waals surface area contributed by atoms with Gasteiger partial charge in [0.15, 0.2) is 10.9 Å². The predicted molar refractivity (Wildman–Crippen MR) is 117 cm³/mol. The molecule has 29 heavy (non-hydrogen) atoms. The molecule has 0 saturated carbocycles. The van der Waals surface area contributed by atoms with Crippen LogP contribution in [0.25, 0.3) is 0 Å². The van der Waals surface area contributed by atoms with E-state index in [1.165, 1.54) is 11.3 Å². The summed E-state index contributed by atoms with van der Waals surface area (Å²) in [7, 11) is 0. The number of carbonyl (C=O) groups excluding carboxylic acids is 2. The van der Waals surface area contributed by atoms with Crippen molar-refractivity contribution < 1.29 is 9.59 Å². The first-order chi connectivity index (χ1) is 13.9. The maximum Gasteiger partial charge on any atom is 0.321 e. The first kappa shape index (κ1) is 20.5. The number of para-hydroxylation sites is 1. The Bertz CT molecular complexity index is 981. The number of aromatic nitrogens is 1. The first-order valence-electron chi connectivity index (χ1n) is 9.36. The molecule has 0 bridgehead atoms. The number of carbonyl (C=O) groups is 2. The molecule has 6 nitrogen and oxygen atoms in total. The molecule has 1 aliphatic carbocycles. The molecule has 4 rings (SSSR count). The molecule has 1 atom stereocenters. The van der Waals surface area contributed by atoms with Gasteiger partial charge in [-0.15, -0.1) is 11.3 Å². The molecule has 1 unspecified atom stereocenters. The first-order valence-corrected chi connectivity index (χ1v) is 10.2. The number of anilines is 2. The molecule has 1 aromatic heterocycles. The van der Waals surface area contributed by atoms with Crippen LogP contribution in [0.15, 0.2) is 54.0 Å². The fourth-order valence-corrected chi connectivity index (χ4v) is 3.67. The highest BCUT2D eigenvalue weighted by Crippen LogP contribution is 2.32. The van der Waals surface area contributed by atoms with E-state index >= 15 is 0 Å². The van der Waals surface area contributed by atoms with E-state index in [2.05, 4.69) is 15.6 Å². The number of nitrogens with one attached hydrogen (secondary N) is 2. The molecule has 0 saturated heterocycles. The van der Waals surface area contributed by atoms with Crippen molar-refractivity contribution in [2.75, 3.05) is 11.1 Å². The van der Waals surface area contributed by atoms with E-state index in [-0.39, 0.29) is 17.9 Å². The Balaban J connectivity index is 0.000000252. The molecule has 2 amide bonds. The summed E-state index contributed by atoms with van der Waals surface area (Å²) >= 11 is 1.38. The van der Waals surface area contributed by atoms with Crippen molar-refractivity contribution in [3.8, 4) is 0 Å². The molecule has 7 heteroatoms. The summed E-state index contributed by atoms with van der Waals surface area (Å²) in [4.78, 5) is 27.4. The summed E-state index contributed by atoms with van der Waals surface area (Å²) in [6.45, 7) is 3.56. The van der Waals surface area contributed by atoms with Crippen LogP contribution in [0, 0.1) is 6.92 Å². The standard InChI is InChI=1S/C15H15N3O2S.C7H9N/c1-9(19)10-2-4-12-11(8-10)3-5-13(12)17-14(20)18-15-16-6-7-21-15;1-6-4-2-3-5-7(6)8/h2,4,6-8,13H,3,5H2,1H3,(H2,16,17,18,20);2-5H,8H2,1H3. The third kappa shape index (κ3) is 5.42. The topological polar surface area (TPSA) is 97.1 Å². The molecular formula is C22H24N4O2S. The number of Topliss-reactive ketones (excluding diaryl/α,β-unsaturated/α-hetero) is 1. The van der Waals surface area contributed by atoms with Crippen molar-refractivity contribution in [3.63, 3.8) is 0 Å². The number of rotatable bonds is 3. The fourth-order valence-electron chi connectivity index (χ4n) is 3.15. The Hall–Kier alpha value is -3.19. The average Bonchev–Trinajstić information content (AvgIpc) is 3.34. The number of aryl methyl sites for hydroxylation is 2. The zero-order valence-electron chi connectivity index (χ0n) is 16.4. The van der Waals surface area contributed by atoms with Crippen LogP contribution in [-0.4, -0.2) is 16.8 Å². The maximum atomic E-state index is 11.9. The number of hydrogen-bond donors (Lipinski definition) is 3. The molecule has 3 aromatic rings. The van der Waals surface area contributed by atoms with Gasteiger partial charge in [0.05, 0.1) is 6.04 Å². The molecule has 0 aliphatic heterocycles. The Kier molecular flexibility index (Phi) is 6.61.